The van der Waals surface area contributed by atoms with Gasteiger partial charge in [-0.1, -0.05) is 0 Å². The van der Waals surface area contributed by atoms with Gasteiger partial charge in [0.2, 0.25) is 5.91 Å². The van der Waals surface area contributed by atoms with E-state index in [4.69, 9.17) is 5.73 Å². The van der Waals surface area contributed by atoms with Crippen LogP contribution in [0.1, 0.15) is 17.5 Å². The van der Waals surface area contributed by atoms with Crippen LogP contribution in [0.25, 0.3) is 10.6 Å². The predicted molar refractivity (Wildman–Crippen MR) is 74.5 cm³/mol. The van der Waals surface area contributed by atoms with E-state index in [2.05, 4.69) is 10.3 Å². The number of nitrogens with two attached hydrogens (primary N) is 1. The summed E-state index contributed by atoms with van der Waals surface area (Å²) in [5, 5.41) is 3.70. The SMILES string of the molecule is CC(=O)Nc1ccc(-c2nc(C)c(CN)s2)cc1. The molecule has 1 aromatic carbocycles. The van der Waals surface area contributed by atoms with Gasteiger partial charge in [-0.2, -0.15) is 0 Å². The number of nitrogens with one attached hydrogen (secondary N) is 1. The van der Waals surface area contributed by atoms with Crippen molar-refractivity contribution in [1.29, 1.82) is 0 Å². The number of benzene rings is 1. The standard InChI is InChI=1S/C13H15N3OS/c1-8-12(7-14)18-13(15-8)10-3-5-11(6-4-10)16-9(2)17/h3-6H,7,14H2,1-2H3,(H,16,17). The zero-order valence-electron chi connectivity index (χ0n) is 10.4. The van der Waals surface area contributed by atoms with Gasteiger partial charge in [-0.05, 0) is 31.2 Å². The van der Waals surface area contributed by atoms with Crippen molar-refractivity contribution in [2.45, 2.75) is 20.4 Å². The van der Waals surface area contributed by atoms with Crippen molar-refractivity contribution in [3.63, 3.8) is 0 Å². The van der Waals surface area contributed by atoms with Gasteiger partial charge in [-0.15, -0.1) is 11.3 Å². The lowest BCUT2D eigenvalue weighted by molar-refractivity contribution is -0.114. The second kappa shape index (κ2) is 5.29. The summed E-state index contributed by atoms with van der Waals surface area (Å²) in [5.74, 6) is -0.0711. The lowest BCUT2D eigenvalue weighted by atomic mass is 10.2. The van der Waals surface area contributed by atoms with Crippen molar-refractivity contribution < 1.29 is 4.79 Å². The third-order valence-corrected chi connectivity index (χ3v) is 3.76. The second-order valence-corrected chi connectivity index (χ2v) is 5.07. The number of thiazole rings is 1. The van der Waals surface area contributed by atoms with Crippen molar-refractivity contribution in [2.75, 3.05) is 5.32 Å². The Hall–Kier alpha value is -1.72. The summed E-state index contributed by atoms with van der Waals surface area (Å²) in [6.45, 7) is 3.98. The molecule has 0 aliphatic carbocycles. The molecule has 0 atom stereocenters. The quantitative estimate of drug-likeness (QED) is 0.892. The number of aromatic nitrogens is 1. The highest BCUT2D eigenvalue weighted by atomic mass is 32.1. The normalized spacial score (nSPS) is 10.4. The monoisotopic (exact) mass is 261 g/mol. The topological polar surface area (TPSA) is 68.0 Å². The van der Waals surface area contributed by atoms with E-state index in [1.54, 1.807) is 11.3 Å². The molecule has 0 radical (unpaired) electrons. The van der Waals surface area contributed by atoms with Crippen LogP contribution < -0.4 is 11.1 Å². The molecule has 0 fully saturated rings. The van der Waals surface area contributed by atoms with E-state index in [9.17, 15) is 4.79 Å². The summed E-state index contributed by atoms with van der Waals surface area (Å²) in [6.07, 6.45) is 0. The van der Waals surface area contributed by atoms with Crippen LogP contribution in [-0.4, -0.2) is 10.9 Å². The molecule has 0 bridgehead atoms. The number of amides is 1. The maximum Gasteiger partial charge on any atom is 0.221 e. The summed E-state index contributed by atoms with van der Waals surface area (Å²) >= 11 is 1.61. The van der Waals surface area contributed by atoms with E-state index in [1.807, 2.05) is 31.2 Å². The van der Waals surface area contributed by atoms with E-state index in [1.165, 1.54) is 6.92 Å². The molecule has 1 heterocycles. The molecular formula is C13H15N3OS. The molecule has 0 unspecified atom stereocenters. The van der Waals surface area contributed by atoms with Crippen LogP contribution >= 0.6 is 11.3 Å². The van der Waals surface area contributed by atoms with Crippen molar-refractivity contribution in [1.82, 2.24) is 4.98 Å². The van der Waals surface area contributed by atoms with E-state index in [0.717, 1.165) is 26.8 Å². The fraction of sp³-hybridized carbons (Fsp3) is 0.231. The van der Waals surface area contributed by atoms with Crippen LogP contribution in [0.3, 0.4) is 0 Å². The van der Waals surface area contributed by atoms with Crippen molar-refractivity contribution in [3.8, 4) is 10.6 Å². The largest absolute Gasteiger partial charge is 0.326 e. The highest BCUT2D eigenvalue weighted by molar-refractivity contribution is 7.15. The van der Waals surface area contributed by atoms with Crippen LogP contribution in [0.15, 0.2) is 24.3 Å². The molecule has 0 spiro atoms. The molecule has 18 heavy (non-hydrogen) atoms. The zero-order valence-corrected chi connectivity index (χ0v) is 11.2. The smallest absolute Gasteiger partial charge is 0.221 e. The Morgan fingerprint density at radius 1 is 1.39 bits per heavy atom. The van der Waals surface area contributed by atoms with E-state index in [0.29, 0.717) is 6.54 Å². The van der Waals surface area contributed by atoms with Gasteiger partial charge in [0.05, 0.1) is 5.69 Å². The fourth-order valence-corrected chi connectivity index (χ4v) is 2.59. The van der Waals surface area contributed by atoms with Crippen molar-refractivity contribution in [2.24, 2.45) is 5.73 Å². The highest BCUT2D eigenvalue weighted by Gasteiger charge is 2.08. The average Bonchev–Trinajstić information content (AvgIpc) is 2.71. The van der Waals surface area contributed by atoms with Crippen LogP contribution in [0.5, 0.6) is 0 Å². The minimum atomic E-state index is -0.0711. The van der Waals surface area contributed by atoms with Gasteiger partial charge in [0.1, 0.15) is 5.01 Å². The maximum atomic E-state index is 10.9. The van der Waals surface area contributed by atoms with Crippen LogP contribution in [-0.2, 0) is 11.3 Å². The third kappa shape index (κ3) is 2.75. The summed E-state index contributed by atoms with van der Waals surface area (Å²) in [6, 6.07) is 7.64. The Bertz CT molecular complexity index is 560. The Morgan fingerprint density at radius 2 is 2.06 bits per heavy atom. The summed E-state index contributed by atoms with van der Waals surface area (Å²) in [7, 11) is 0. The lowest BCUT2D eigenvalue weighted by Gasteiger charge is -2.02. The first kappa shape index (κ1) is 12.7. The Labute approximate surface area is 110 Å². The Kier molecular flexibility index (Phi) is 3.74. The zero-order chi connectivity index (χ0) is 13.1. The molecule has 4 nitrogen and oxygen atoms in total. The van der Waals surface area contributed by atoms with Gasteiger partial charge in [0.25, 0.3) is 0 Å². The number of aryl methyl sites for hydroxylation is 1. The summed E-state index contributed by atoms with van der Waals surface area (Å²) in [4.78, 5) is 16.5. The molecular weight excluding hydrogens is 246 g/mol. The van der Waals surface area contributed by atoms with Gasteiger partial charge < -0.3 is 11.1 Å². The molecule has 5 heteroatoms. The van der Waals surface area contributed by atoms with Gasteiger partial charge in [-0.25, -0.2) is 4.98 Å². The van der Waals surface area contributed by atoms with Gasteiger partial charge >= 0.3 is 0 Å². The Morgan fingerprint density at radius 3 is 2.56 bits per heavy atom. The Balaban J connectivity index is 2.25. The first-order chi connectivity index (χ1) is 8.60. The molecule has 94 valence electrons. The van der Waals surface area contributed by atoms with Crippen LogP contribution in [0.4, 0.5) is 5.69 Å². The number of carbonyl (C=O) groups excluding carboxylic acids is 1. The first-order valence-electron chi connectivity index (χ1n) is 5.64. The van der Waals surface area contributed by atoms with Crippen LogP contribution in [0, 0.1) is 6.92 Å². The van der Waals surface area contributed by atoms with Gasteiger partial charge in [0.15, 0.2) is 0 Å². The minimum absolute atomic E-state index is 0.0711. The van der Waals surface area contributed by atoms with E-state index in [-0.39, 0.29) is 5.91 Å². The maximum absolute atomic E-state index is 10.9. The molecule has 1 amide bonds. The summed E-state index contributed by atoms with van der Waals surface area (Å²) < 4.78 is 0. The van der Waals surface area contributed by atoms with Gasteiger partial charge in [-0.3, -0.25) is 4.79 Å². The minimum Gasteiger partial charge on any atom is -0.326 e. The fourth-order valence-electron chi connectivity index (χ4n) is 1.64. The molecule has 2 rings (SSSR count). The van der Waals surface area contributed by atoms with Crippen molar-refractivity contribution >= 4 is 22.9 Å². The number of hydrogen-bond donors (Lipinski definition) is 2. The second-order valence-electron chi connectivity index (χ2n) is 3.99. The number of carbonyl (C=O) groups is 1. The van der Waals surface area contributed by atoms with Crippen molar-refractivity contribution in [3.05, 3.63) is 34.8 Å². The summed E-state index contributed by atoms with van der Waals surface area (Å²) in [5.41, 5.74) is 8.46. The van der Waals surface area contributed by atoms with E-state index >= 15 is 0 Å². The number of hydrogen-bond acceptors (Lipinski definition) is 4. The molecule has 0 saturated heterocycles. The van der Waals surface area contributed by atoms with Crippen LogP contribution in [0.2, 0.25) is 0 Å². The van der Waals surface area contributed by atoms with Gasteiger partial charge in [0, 0.05) is 29.6 Å². The van der Waals surface area contributed by atoms with E-state index < -0.39 is 0 Å². The average molecular weight is 261 g/mol. The lowest BCUT2D eigenvalue weighted by Crippen LogP contribution is -2.05. The molecule has 1 aromatic heterocycles. The number of anilines is 1. The third-order valence-electron chi connectivity index (χ3n) is 2.53. The molecule has 2 aromatic rings. The molecule has 0 aliphatic heterocycles. The molecule has 0 saturated carbocycles. The number of rotatable bonds is 3. The highest BCUT2D eigenvalue weighted by Crippen LogP contribution is 2.28. The predicted octanol–water partition coefficient (Wildman–Crippen LogP) is 2.54. The molecule has 3 N–H and O–H groups in total. The first-order valence-corrected chi connectivity index (χ1v) is 6.46. The molecule has 0 aliphatic rings. The number of nitrogens with zero attached hydrogens (tertiary/aromatic N) is 1.